The molecule has 0 atom stereocenters. The number of nitrogens with zero attached hydrogens (tertiary/aromatic N) is 2. The zero-order chi connectivity index (χ0) is 12.7. The van der Waals surface area contributed by atoms with Gasteiger partial charge in [0.15, 0.2) is 4.77 Å². The number of hydrogen-bond donors (Lipinski definition) is 1. The fourth-order valence-corrected chi connectivity index (χ4v) is 2.99. The van der Waals surface area contributed by atoms with Crippen LogP contribution in [0.25, 0.3) is 11.0 Å². The van der Waals surface area contributed by atoms with Crippen molar-refractivity contribution in [2.45, 2.75) is 20.4 Å². The minimum Gasteiger partial charge on any atom is -0.330 e. The lowest BCUT2D eigenvalue weighted by Crippen LogP contribution is -1.99. The standard InChI is InChI=1S/C13H13N3S2/c1-8-4-3-5-11-12(8)15-13(17)16(11)6-10-7-18-9(2)14-10/h3-5,7H,6H2,1-2H3,(H,15,17). The molecule has 0 saturated heterocycles. The number of aromatic amines is 1. The zero-order valence-corrected chi connectivity index (χ0v) is 11.9. The van der Waals surface area contributed by atoms with Crippen LogP contribution in [-0.2, 0) is 6.54 Å². The molecule has 1 N–H and O–H groups in total. The molecule has 0 radical (unpaired) electrons. The summed E-state index contributed by atoms with van der Waals surface area (Å²) >= 11 is 7.07. The molecule has 2 aromatic heterocycles. The van der Waals surface area contributed by atoms with E-state index in [1.165, 1.54) is 5.56 Å². The highest BCUT2D eigenvalue weighted by Gasteiger charge is 2.08. The highest BCUT2D eigenvalue weighted by Crippen LogP contribution is 2.19. The largest absolute Gasteiger partial charge is 0.330 e. The molecule has 18 heavy (non-hydrogen) atoms. The Balaban J connectivity index is 2.14. The molecule has 2 heterocycles. The molecule has 5 heteroatoms. The first-order valence-corrected chi connectivity index (χ1v) is 7.03. The lowest BCUT2D eigenvalue weighted by Gasteiger charge is -2.02. The summed E-state index contributed by atoms with van der Waals surface area (Å²) in [6, 6.07) is 6.24. The Morgan fingerprint density at radius 1 is 1.39 bits per heavy atom. The van der Waals surface area contributed by atoms with Gasteiger partial charge in [-0.3, -0.25) is 0 Å². The molecule has 0 spiro atoms. The van der Waals surface area contributed by atoms with E-state index in [0.717, 1.165) is 33.1 Å². The first-order valence-electron chi connectivity index (χ1n) is 5.74. The van der Waals surface area contributed by atoms with Crippen molar-refractivity contribution < 1.29 is 0 Å². The van der Waals surface area contributed by atoms with E-state index >= 15 is 0 Å². The molecule has 0 unspecified atom stereocenters. The molecule has 3 nitrogen and oxygen atoms in total. The number of fused-ring (bicyclic) bond motifs is 1. The van der Waals surface area contributed by atoms with Crippen molar-refractivity contribution in [2.24, 2.45) is 0 Å². The molecule has 3 rings (SSSR count). The summed E-state index contributed by atoms with van der Waals surface area (Å²) in [5.41, 5.74) is 4.54. The van der Waals surface area contributed by atoms with Crippen LogP contribution in [0.4, 0.5) is 0 Å². The van der Waals surface area contributed by atoms with E-state index in [-0.39, 0.29) is 0 Å². The summed E-state index contributed by atoms with van der Waals surface area (Å²) in [6.45, 7) is 4.84. The number of thiazole rings is 1. The maximum absolute atomic E-state index is 5.40. The molecule has 0 fully saturated rings. The van der Waals surface area contributed by atoms with E-state index in [2.05, 4.69) is 45.0 Å². The van der Waals surface area contributed by atoms with Crippen LogP contribution in [0, 0.1) is 18.6 Å². The van der Waals surface area contributed by atoms with Gasteiger partial charge >= 0.3 is 0 Å². The van der Waals surface area contributed by atoms with Crippen molar-refractivity contribution in [1.82, 2.24) is 14.5 Å². The van der Waals surface area contributed by atoms with Gasteiger partial charge in [-0.25, -0.2) is 4.98 Å². The van der Waals surface area contributed by atoms with Crippen LogP contribution in [0.3, 0.4) is 0 Å². The maximum atomic E-state index is 5.40. The van der Waals surface area contributed by atoms with Crippen molar-refractivity contribution >= 4 is 34.6 Å². The van der Waals surface area contributed by atoms with Crippen molar-refractivity contribution in [3.05, 3.63) is 44.6 Å². The summed E-state index contributed by atoms with van der Waals surface area (Å²) in [4.78, 5) is 7.77. The van der Waals surface area contributed by atoms with Gasteiger partial charge in [0.1, 0.15) is 0 Å². The second-order valence-corrected chi connectivity index (χ2v) is 5.79. The molecule has 3 aromatic rings. The number of hydrogen-bond acceptors (Lipinski definition) is 3. The van der Waals surface area contributed by atoms with E-state index in [1.807, 2.05) is 6.92 Å². The van der Waals surface area contributed by atoms with Crippen LogP contribution < -0.4 is 0 Å². The number of para-hydroxylation sites is 1. The average molecular weight is 275 g/mol. The van der Waals surface area contributed by atoms with Gasteiger partial charge < -0.3 is 9.55 Å². The Bertz CT molecular complexity index is 764. The number of H-pyrrole nitrogens is 1. The van der Waals surface area contributed by atoms with Gasteiger partial charge in [-0.2, -0.15) is 0 Å². The molecule has 0 aliphatic heterocycles. The molecule has 92 valence electrons. The monoisotopic (exact) mass is 275 g/mol. The van der Waals surface area contributed by atoms with Crippen LogP contribution >= 0.6 is 23.6 Å². The van der Waals surface area contributed by atoms with Gasteiger partial charge in [-0.1, -0.05) is 12.1 Å². The number of rotatable bonds is 2. The Kier molecular flexibility index (Phi) is 2.80. The highest BCUT2D eigenvalue weighted by molar-refractivity contribution is 7.71. The number of benzene rings is 1. The third-order valence-corrected chi connectivity index (χ3v) is 4.15. The second-order valence-electron chi connectivity index (χ2n) is 4.34. The third-order valence-electron chi connectivity index (χ3n) is 3.01. The minimum absolute atomic E-state index is 0.729. The molecule has 0 aliphatic rings. The molecule has 0 saturated carbocycles. The fourth-order valence-electron chi connectivity index (χ4n) is 2.12. The first-order chi connectivity index (χ1) is 8.65. The zero-order valence-electron chi connectivity index (χ0n) is 10.2. The number of aromatic nitrogens is 3. The maximum Gasteiger partial charge on any atom is 0.178 e. The molecular formula is C13H13N3S2. The Morgan fingerprint density at radius 2 is 2.22 bits per heavy atom. The van der Waals surface area contributed by atoms with Crippen LogP contribution in [0.15, 0.2) is 23.6 Å². The lowest BCUT2D eigenvalue weighted by molar-refractivity contribution is 0.789. The van der Waals surface area contributed by atoms with Gasteiger partial charge in [0, 0.05) is 5.38 Å². The summed E-state index contributed by atoms with van der Waals surface area (Å²) in [7, 11) is 0. The molecule has 0 aliphatic carbocycles. The van der Waals surface area contributed by atoms with Gasteiger partial charge in [0.2, 0.25) is 0 Å². The summed E-state index contributed by atoms with van der Waals surface area (Å²) in [5.74, 6) is 0. The topological polar surface area (TPSA) is 33.6 Å². The number of nitrogens with one attached hydrogen (secondary N) is 1. The quantitative estimate of drug-likeness (QED) is 0.721. The van der Waals surface area contributed by atoms with E-state index in [9.17, 15) is 0 Å². The summed E-state index contributed by atoms with van der Waals surface area (Å²) in [5, 5.41) is 3.18. The average Bonchev–Trinajstić information content (AvgIpc) is 2.87. The predicted octanol–water partition coefficient (Wildman–Crippen LogP) is 3.82. The van der Waals surface area contributed by atoms with E-state index in [0.29, 0.717) is 0 Å². The minimum atomic E-state index is 0.729. The highest BCUT2D eigenvalue weighted by atomic mass is 32.1. The Hall–Kier alpha value is -1.46. The van der Waals surface area contributed by atoms with E-state index in [1.54, 1.807) is 11.3 Å². The fraction of sp³-hybridized carbons (Fsp3) is 0.231. The van der Waals surface area contributed by atoms with Gasteiger partial charge in [-0.15, -0.1) is 11.3 Å². The lowest BCUT2D eigenvalue weighted by atomic mass is 10.2. The molecular weight excluding hydrogens is 262 g/mol. The molecule has 1 aromatic carbocycles. The van der Waals surface area contributed by atoms with Gasteiger partial charge in [-0.05, 0) is 37.7 Å². The van der Waals surface area contributed by atoms with Crippen LogP contribution in [0.1, 0.15) is 16.3 Å². The van der Waals surface area contributed by atoms with Gasteiger partial charge in [0.25, 0.3) is 0 Å². The van der Waals surface area contributed by atoms with E-state index in [4.69, 9.17) is 12.2 Å². The van der Waals surface area contributed by atoms with Crippen molar-refractivity contribution in [1.29, 1.82) is 0 Å². The van der Waals surface area contributed by atoms with Crippen molar-refractivity contribution in [2.75, 3.05) is 0 Å². The molecule has 0 bridgehead atoms. The van der Waals surface area contributed by atoms with Gasteiger partial charge in [0.05, 0.1) is 28.3 Å². The SMILES string of the molecule is Cc1nc(Cn2c(=S)[nH]c3c(C)cccc32)cs1. The third kappa shape index (κ3) is 1.89. The summed E-state index contributed by atoms with van der Waals surface area (Å²) < 4.78 is 2.86. The smallest absolute Gasteiger partial charge is 0.178 e. The van der Waals surface area contributed by atoms with Crippen LogP contribution in [0.2, 0.25) is 0 Å². The number of aryl methyl sites for hydroxylation is 2. The van der Waals surface area contributed by atoms with Crippen molar-refractivity contribution in [3.63, 3.8) is 0 Å². The normalized spacial score (nSPS) is 11.2. The van der Waals surface area contributed by atoms with Crippen LogP contribution in [-0.4, -0.2) is 14.5 Å². The number of imidazole rings is 1. The Morgan fingerprint density at radius 3 is 2.94 bits per heavy atom. The first kappa shape index (κ1) is 11.6. The predicted molar refractivity (Wildman–Crippen MR) is 77.8 cm³/mol. The molecule has 0 amide bonds. The summed E-state index contributed by atoms with van der Waals surface area (Å²) in [6.07, 6.45) is 0. The Labute approximate surface area is 114 Å². The second kappa shape index (κ2) is 4.33. The van der Waals surface area contributed by atoms with Crippen LogP contribution in [0.5, 0.6) is 0 Å². The van der Waals surface area contributed by atoms with Crippen molar-refractivity contribution in [3.8, 4) is 0 Å². The van der Waals surface area contributed by atoms with E-state index < -0.39 is 0 Å².